The molecule has 1 saturated heterocycles. The van der Waals surface area contributed by atoms with Crippen molar-refractivity contribution in [3.05, 3.63) is 40.7 Å². The average molecular weight is 424 g/mol. The summed E-state index contributed by atoms with van der Waals surface area (Å²) in [4.78, 5) is 25.6. The minimum absolute atomic E-state index is 0.0337. The van der Waals surface area contributed by atoms with Crippen LogP contribution in [-0.4, -0.2) is 61.2 Å². The van der Waals surface area contributed by atoms with E-state index in [1.807, 2.05) is 0 Å². The second kappa shape index (κ2) is 8.30. The first-order valence-corrected chi connectivity index (χ1v) is 9.09. The zero-order valence-corrected chi connectivity index (χ0v) is 16.6. The van der Waals surface area contributed by atoms with Gasteiger partial charge in [0.1, 0.15) is 16.8 Å². The number of halogens is 2. The van der Waals surface area contributed by atoms with Crippen LogP contribution in [0.25, 0.3) is 11.3 Å². The first-order valence-electron chi connectivity index (χ1n) is 8.71. The molecule has 154 valence electrons. The molecule has 1 fully saturated rings. The molecule has 2 aromatic rings. The highest BCUT2D eigenvalue weighted by molar-refractivity contribution is 6.30. The highest BCUT2D eigenvalue weighted by atomic mass is 35.5. The number of methoxy groups -OCH3 is 1. The maximum absolute atomic E-state index is 14.1. The SMILES string of the molecule is COC[C@@]1(CN(C)c2nnc(-c3cc(Cl)ccc3F)cc2C(=O)O)CCOC1=O. The van der Waals surface area contributed by atoms with Gasteiger partial charge < -0.3 is 19.5 Å². The summed E-state index contributed by atoms with van der Waals surface area (Å²) in [5.41, 5.74) is -1.04. The van der Waals surface area contributed by atoms with Gasteiger partial charge in [-0.1, -0.05) is 11.6 Å². The lowest BCUT2D eigenvalue weighted by molar-refractivity contribution is -0.148. The fourth-order valence-corrected chi connectivity index (χ4v) is 3.54. The molecule has 0 bridgehead atoms. The number of rotatable bonds is 7. The van der Waals surface area contributed by atoms with E-state index in [9.17, 15) is 19.1 Å². The molecule has 0 amide bonds. The van der Waals surface area contributed by atoms with Gasteiger partial charge in [-0.3, -0.25) is 4.79 Å². The van der Waals surface area contributed by atoms with Crippen LogP contribution in [0.15, 0.2) is 24.3 Å². The number of nitrogens with zero attached hydrogens (tertiary/aromatic N) is 3. The fraction of sp³-hybridized carbons (Fsp3) is 0.368. The van der Waals surface area contributed by atoms with E-state index in [0.717, 1.165) is 0 Å². The van der Waals surface area contributed by atoms with E-state index in [4.69, 9.17) is 21.1 Å². The number of esters is 1. The van der Waals surface area contributed by atoms with E-state index in [2.05, 4.69) is 10.2 Å². The summed E-state index contributed by atoms with van der Waals surface area (Å²) < 4.78 is 24.4. The van der Waals surface area contributed by atoms with Crippen molar-refractivity contribution < 1.29 is 28.6 Å². The van der Waals surface area contributed by atoms with Gasteiger partial charge in [-0.15, -0.1) is 10.2 Å². The molecule has 3 rings (SSSR count). The number of carboxylic acid groups (broad SMARTS) is 1. The van der Waals surface area contributed by atoms with Crippen LogP contribution < -0.4 is 4.90 Å². The number of cyclic esters (lactones) is 1. The van der Waals surface area contributed by atoms with Crippen molar-refractivity contribution in [2.45, 2.75) is 6.42 Å². The van der Waals surface area contributed by atoms with Crippen LogP contribution in [0, 0.1) is 11.2 Å². The van der Waals surface area contributed by atoms with Crippen molar-refractivity contribution in [2.24, 2.45) is 5.41 Å². The van der Waals surface area contributed by atoms with E-state index in [1.54, 1.807) is 7.05 Å². The maximum Gasteiger partial charge on any atom is 0.339 e. The summed E-state index contributed by atoms with van der Waals surface area (Å²) in [7, 11) is 3.07. The average Bonchev–Trinajstić information content (AvgIpc) is 3.03. The first-order chi connectivity index (χ1) is 13.8. The minimum atomic E-state index is -1.26. The van der Waals surface area contributed by atoms with Gasteiger partial charge in [-0.05, 0) is 24.3 Å². The number of carboxylic acids is 1. The molecular weight excluding hydrogens is 405 g/mol. The Labute approximate surface area is 171 Å². The predicted molar refractivity (Wildman–Crippen MR) is 103 cm³/mol. The van der Waals surface area contributed by atoms with Gasteiger partial charge in [0.15, 0.2) is 5.82 Å². The summed E-state index contributed by atoms with van der Waals surface area (Å²) in [5, 5.41) is 17.9. The summed E-state index contributed by atoms with van der Waals surface area (Å²) >= 11 is 5.91. The molecule has 10 heteroatoms. The summed E-state index contributed by atoms with van der Waals surface area (Å²) in [6.45, 7) is 0.512. The van der Waals surface area contributed by atoms with Crippen LogP contribution in [-0.2, 0) is 14.3 Å². The van der Waals surface area contributed by atoms with Crippen LogP contribution in [0.4, 0.5) is 10.2 Å². The summed E-state index contributed by atoms with van der Waals surface area (Å²) in [6, 6.07) is 5.12. The van der Waals surface area contributed by atoms with Crippen molar-refractivity contribution >= 4 is 29.4 Å². The molecule has 0 spiro atoms. The highest BCUT2D eigenvalue weighted by Gasteiger charge is 2.46. The number of hydrogen-bond acceptors (Lipinski definition) is 7. The number of benzene rings is 1. The molecule has 2 heterocycles. The van der Waals surface area contributed by atoms with Crippen molar-refractivity contribution in [2.75, 3.05) is 38.8 Å². The Bertz CT molecular complexity index is 957. The molecule has 0 saturated carbocycles. The number of aromatic carboxylic acids is 1. The maximum atomic E-state index is 14.1. The normalized spacial score (nSPS) is 18.6. The smallest absolute Gasteiger partial charge is 0.339 e. The largest absolute Gasteiger partial charge is 0.478 e. The van der Waals surface area contributed by atoms with Gasteiger partial charge >= 0.3 is 11.9 Å². The van der Waals surface area contributed by atoms with E-state index in [0.29, 0.717) is 6.42 Å². The lowest BCUT2D eigenvalue weighted by Crippen LogP contribution is -2.43. The molecule has 1 aliphatic rings. The van der Waals surface area contributed by atoms with E-state index < -0.39 is 23.2 Å². The van der Waals surface area contributed by atoms with Crippen LogP contribution >= 0.6 is 11.6 Å². The Morgan fingerprint density at radius 1 is 1.41 bits per heavy atom. The second-order valence-corrected chi connectivity index (χ2v) is 7.29. The third-order valence-corrected chi connectivity index (χ3v) is 5.01. The van der Waals surface area contributed by atoms with Gasteiger partial charge in [0, 0.05) is 37.7 Å². The molecule has 29 heavy (non-hydrogen) atoms. The minimum Gasteiger partial charge on any atom is -0.478 e. The van der Waals surface area contributed by atoms with Crippen LogP contribution in [0.2, 0.25) is 5.02 Å². The van der Waals surface area contributed by atoms with E-state index >= 15 is 0 Å². The second-order valence-electron chi connectivity index (χ2n) is 6.85. The highest BCUT2D eigenvalue weighted by Crippen LogP contribution is 2.34. The molecule has 8 nitrogen and oxygen atoms in total. The third-order valence-electron chi connectivity index (χ3n) is 4.78. The Kier molecular flexibility index (Phi) is 5.99. The standard InChI is InChI=1S/C19H19ClFN3O5/c1-24(9-19(10-28-2)5-6-29-18(19)27)16-13(17(25)26)8-15(22-23-16)12-7-11(20)3-4-14(12)21/h3-4,7-8H,5-6,9-10H2,1-2H3,(H,25,26)/t19-/m0/s1. The van der Waals surface area contributed by atoms with E-state index in [-0.39, 0.29) is 47.4 Å². The van der Waals surface area contributed by atoms with Crippen LogP contribution in [0.5, 0.6) is 0 Å². The van der Waals surface area contributed by atoms with Crippen molar-refractivity contribution in [1.82, 2.24) is 10.2 Å². The zero-order valence-electron chi connectivity index (χ0n) is 15.8. The van der Waals surface area contributed by atoms with Gasteiger partial charge in [0.25, 0.3) is 0 Å². The lowest BCUT2D eigenvalue weighted by atomic mass is 9.87. The van der Waals surface area contributed by atoms with Crippen molar-refractivity contribution in [1.29, 1.82) is 0 Å². The topological polar surface area (TPSA) is 102 Å². The third kappa shape index (κ3) is 4.15. The Balaban J connectivity index is 1.98. The molecule has 1 aromatic carbocycles. The number of aromatic nitrogens is 2. The molecule has 0 aliphatic carbocycles. The number of carbonyl (C=O) groups excluding carboxylic acids is 1. The fourth-order valence-electron chi connectivity index (χ4n) is 3.37. The molecular formula is C19H19ClFN3O5. The van der Waals surface area contributed by atoms with Gasteiger partial charge in [0.05, 0.1) is 18.9 Å². The molecule has 1 aliphatic heterocycles. The van der Waals surface area contributed by atoms with Crippen LogP contribution in [0.1, 0.15) is 16.8 Å². The summed E-state index contributed by atoms with van der Waals surface area (Å²) in [5.74, 6) is -2.23. The molecule has 0 unspecified atom stereocenters. The summed E-state index contributed by atoms with van der Waals surface area (Å²) in [6.07, 6.45) is 0.436. The van der Waals surface area contributed by atoms with Gasteiger partial charge in [-0.25, -0.2) is 9.18 Å². The Morgan fingerprint density at radius 2 is 2.17 bits per heavy atom. The number of anilines is 1. The van der Waals surface area contributed by atoms with Crippen molar-refractivity contribution in [3.63, 3.8) is 0 Å². The van der Waals surface area contributed by atoms with Crippen molar-refractivity contribution in [3.8, 4) is 11.3 Å². The zero-order chi connectivity index (χ0) is 21.2. The van der Waals surface area contributed by atoms with Gasteiger partial charge in [-0.2, -0.15) is 0 Å². The number of carbonyl (C=O) groups is 2. The molecule has 1 aromatic heterocycles. The monoisotopic (exact) mass is 423 g/mol. The molecule has 1 atom stereocenters. The molecule has 1 N–H and O–H groups in total. The van der Waals surface area contributed by atoms with Gasteiger partial charge in [0.2, 0.25) is 0 Å². The quantitative estimate of drug-likeness (QED) is 0.678. The Morgan fingerprint density at radius 3 is 2.79 bits per heavy atom. The van der Waals surface area contributed by atoms with Crippen LogP contribution in [0.3, 0.4) is 0 Å². The van der Waals surface area contributed by atoms with E-state index in [1.165, 1.54) is 36.3 Å². The molecule has 0 radical (unpaired) electrons. The first kappa shape index (κ1) is 20.9. The predicted octanol–water partition coefficient (Wildman–Crippen LogP) is 2.65. The number of ether oxygens (including phenoxy) is 2. The lowest BCUT2D eigenvalue weighted by Gasteiger charge is -2.30. The number of hydrogen-bond donors (Lipinski definition) is 1. The Hall–Kier alpha value is -2.78.